The third-order valence-corrected chi connectivity index (χ3v) is 10.3. The minimum atomic E-state index is -0.421. The van der Waals surface area contributed by atoms with Gasteiger partial charge in [0.15, 0.2) is 0 Å². The zero-order valence-corrected chi connectivity index (χ0v) is 32.3. The van der Waals surface area contributed by atoms with Crippen molar-refractivity contribution in [1.82, 2.24) is 0 Å². The predicted molar refractivity (Wildman–Crippen MR) is 209 cm³/mol. The molecule has 0 spiro atoms. The lowest BCUT2D eigenvalue weighted by molar-refractivity contribution is 0.0753. The summed E-state index contributed by atoms with van der Waals surface area (Å²) >= 11 is 0. The molecule has 5 nitrogen and oxygen atoms in total. The van der Waals surface area contributed by atoms with Crippen molar-refractivity contribution < 1.29 is 23.7 Å². The smallest absolute Gasteiger partial charge is 0.132 e. The number of aryl methyl sites for hydroxylation is 4. The first-order chi connectivity index (χ1) is 24.5. The molecule has 4 aromatic carbocycles. The molecular formula is C46H58O5. The van der Waals surface area contributed by atoms with E-state index in [1.807, 2.05) is 0 Å². The number of fused-ring (bicyclic) bond motifs is 6. The Bertz CT molecular complexity index is 1700. The molecule has 0 aliphatic carbocycles. The van der Waals surface area contributed by atoms with E-state index in [4.69, 9.17) is 23.7 Å². The molecule has 0 fully saturated rings. The van der Waals surface area contributed by atoms with Crippen LogP contribution in [0.25, 0.3) is 22.3 Å². The van der Waals surface area contributed by atoms with E-state index in [0.29, 0.717) is 26.4 Å². The Hall–Kier alpha value is -3.96. The largest absolute Gasteiger partial charge is 0.490 e. The van der Waals surface area contributed by atoms with Crippen molar-refractivity contribution in [1.29, 1.82) is 0 Å². The van der Waals surface area contributed by atoms with Gasteiger partial charge in [-0.05, 0) is 114 Å². The molecule has 0 saturated carbocycles. The fourth-order valence-electron chi connectivity index (χ4n) is 7.62. The van der Waals surface area contributed by atoms with Crippen LogP contribution in [-0.2, 0) is 28.8 Å². The summed E-state index contributed by atoms with van der Waals surface area (Å²) in [4.78, 5) is 0. The van der Waals surface area contributed by atoms with Crippen molar-refractivity contribution in [2.45, 2.75) is 118 Å². The van der Waals surface area contributed by atoms with E-state index in [-0.39, 0.29) is 0 Å². The van der Waals surface area contributed by atoms with Crippen molar-refractivity contribution in [2.75, 3.05) is 26.4 Å². The molecule has 0 atom stereocenters. The number of unbranched alkanes of at least 4 members (excludes halogenated alkanes) is 4. The molecule has 0 radical (unpaired) electrons. The van der Waals surface area contributed by atoms with Crippen molar-refractivity contribution in [2.24, 2.45) is 0 Å². The molecule has 0 saturated heterocycles. The number of hydrogen-bond donors (Lipinski definition) is 0. The van der Waals surface area contributed by atoms with Gasteiger partial charge >= 0.3 is 0 Å². The maximum atomic E-state index is 6.65. The van der Waals surface area contributed by atoms with Crippen LogP contribution in [-0.4, -0.2) is 26.4 Å². The highest BCUT2D eigenvalue weighted by Gasteiger charge is 2.36. The van der Waals surface area contributed by atoms with Gasteiger partial charge in [0.05, 0.1) is 24.3 Å². The lowest BCUT2D eigenvalue weighted by Gasteiger charge is -2.36. The van der Waals surface area contributed by atoms with E-state index < -0.39 is 11.2 Å². The van der Waals surface area contributed by atoms with E-state index in [1.165, 1.54) is 70.2 Å². The van der Waals surface area contributed by atoms with Crippen molar-refractivity contribution in [3.63, 3.8) is 0 Å². The van der Waals surface area contributed by atoms with Crippen LogP contribution < -0.4 is 18.9 Å². The van der Waals surface area contributed by atoms with Gasteiger partial charge < -0.3 is 23.7 Å². The molecule has 0 amide bonds. The van der Waals surface area contributed by atoms with Crippen LogP contribution in [0.1, 0.15) is 113 Å². The van der Waals surface area contributed by atoms with E-state index in [1.54, 1.807) is 0 Å². The second-order valence-corrected chi connectivity index (χ2v) is 15.5. The molecule has 51 heavy (non-hydrogen) atoms. The van der Waals surface area contributed by atoms with Gasteiger partial charge in [-0.2, -0.15) is 0 Å². The van der Waals surface area contributed by atoms with Crippen LogP contribution in [0, 0.1) is 13.8 Å². The summed E-state index contributed by atoms with van der Waals surface area (Å²) < 4.78 is 32.5. The summed E-state index contributed by atoms with van der Waals surface area (Å²) in [6, 6.07) is 22.1. The first-order valence-electron chi connectivity index (χ1n) is 19.3. The first kappa shape index (κ1) is 36.8. The molecule has 2 aliphatic heterocycles. The molecule has 272 valence electrons. The van der Waals surface area contributed by atoms with Crippen LogP contribution in [0.4, 0.5) is 0 Å². The van der Waals surface area contributed by atoms with Crippen LogP contribution in [0.15, 0.2) is 60.7 Å². The molecule has 5 heteroatoms. The number of ether oxygens (including phenoxy) is 5. The SMILES string of the molecule is CCCCCc1cc(OCCOCCOc2cc(CCCCC)cc3c2-c2cc(C)ccc2C(C)(C)O3)c2c(c1)OC(C)(C)c1ccc(C)cc1-2. The standard InChI is InChI=1S/C46H58O5/c1-9-11-13-15-33-27-39(43-35-25-31(3)17-19-37(35)45(5,6)50-41(43)29-33)48-23-21-47-22-24-49-40-28-34(16-14-12-10-2)30-42-44(40)36-26-32(4)18-20-38(36)46(7,8)51-42/h17-20,25-30H,9-16,21-24H2,1-8H3. The summed E-state index contributed by atoms with van der Waals surface area (Å²) in [7, 11) is 0. The molecule has 0 aromatic heterocycles. The molecule has 6 rings (SSSR count). The first-order valence-corrected chi connectivity index (χ1v) is 19.3. The third-order valence-electron chi connectivity index (χ3n) is 10.3. The molecule has 2 aliphatic rings. The lowest BCUT2D eigenvalue weighted by atomic mass is 9.84. The summed E-state index contributed by atoms with van der Waals surface area (Å²) in [5.41, 5.74) is 10.9. The van der Waals surface area contributed by atoms with Crippen molar-refractivity contribution in [3.8, 4) is 45.3 Å². The second-order valence-electron chi connectivity index (χ2n) is 15.5. The number of benzene rings is 4. The fraction of sp³-hybridized carbons (Fsp3) is 0.478. The minimum Gasteiger partial charge on any atom is -0.490 e. The Kier molecular flexibility index (Phi) is 11.4. The highest BCUT2D eigenvalue weighted by atomic mass is 16.5. The van der Waals surface area contributed by atoms with Gasteiger partial charge in [0.2, 0.25) is 0 Å². The molecular weight excluding hydrogens is 633 g/mol. The zero-order chi connectivity index (χ0) is 36.2. The van der Waals surface area contributed by atoms with Crippen LogP contribution in [0.2, 0.25) is 0 Å². The van der Waals surface area contributed by atoms with Crippen molar-refractivity contribution in [3.05, 3.63) is 94.0 Å². The topological polar surface area (TPSA) is 46.2 Å². The van der Waals surface area contributed by atoms with E-state index in [9.17, 15) is 0 Å². The van der Waals surface area contributed by atoms with Gasteiger partial charge in [0, 0.05) is 11.1 Å². The second kappa shape index (κ2) is 15.7. The quantitative estimate of drug-likeness (QED) is 0.110. The number of hydrogen-bond acceptors (Lipinski definition) is 5. The Morgan fingerprint density at radius 1 is 0.529 bits per heavy atom. The van der Waals surface area contributed by atoms with Crippen LogP contribution in [0.3, 0.4) is 0 Å². The van der Waals surface area contributed by atoms with Gasteiger partial charge in [-0.1, -0.05) is 87.1 Å². The predicted octanol–water partition coefficient (Wildman–Crippen LogP) is 11.8. The Morgan fingerprint density at radius 2 is 0.961 bits per heavy atom. The highest BCUT2D eigenvalue weighted by molar-refractivity contribution is 5.84. The maximum absolute atomic E-state index is 6.65. The van der Waals surface area contributed by atoms with E-state index in [0.717, 1.165) is 59.8 Å². The summed E-state index contributed by atoms with van der Waals surface area (Å²) in [6.07, 6.45) is 9.11. The van der Waals surface area contributed by atoms with Gasteiger partial charge in [0.25, 0.3) is 0 Å². The van der Waals surface area contributed by atoms with E-state index in [2.05, 4.69) is 116 Å². The Morgan fingerprint density at radius 3 is 1.37 bits per heavy atom. The van der Waals surface area contributed by atoms with Crippen LogP contribution in [0.5, 0.6) is 23.0 Å². The maximum Gasteiger partial charge on any atom is 0.132 e. The minimum absolute atomic E-state index is 0.421. The van der Waals surface area contributed by atoms with Crippen molar-refractivity contribution >= 4 is 0 Å². The fourth-order valence-corrected chi connectivity index (χ4v) is 7.62. The molecule has 4 aromatic rings. The van der Waals surface area contributed by atoms with Gasteiger partial charge in [-0.15, -0.1) is 0 Å². The lowest BCUT2D eigenvalue weighted by Crippen LogP contribution is -2.29. The Labute approximate surface area is 306 Å². The summed E-state index contributed by atoms with van der Waals surface area (Å²) in [5, 5.41) is 0. The average molecular weight is 691 g/mol. The highest BCUT2D eigenvalue weighted by Crippen LogP contribution is 2.51. The molecule has 0 N–H and O–H groups in total. The van der Waals surface area contributed by atoms with Gasteiger partial charge in [-0.25, -0.2) is 0 Å². The zero-order valence-electron chi connectivity index (χ0n) is 32.3. The third kappa shape index (κ3) is 8.25. The Balaban J connectivity index is 1.14. The average Bonchev–Trinajstić information content (AvgIpc) is 3.07. The number of rotatable bonds is 16. The normalized spacial score (nSPS) is 14.7. The van der Waals surface area contributed by atoms with Gasteiger partial charge in [-0.3, -0.25) is 0 Å². The van der Waals surface area contributed by atoms with Gasteiger partial charge in [0.1, 0.15) is 47.4 Å². The molecule has 2 heterocycles. The van der Waals surface area contributed by atoms with Crippen LogP contribution >= 0.6 is 0 Å². The monoisotopic (exact) mass is 690 g/mol. The molecule has 0 bridgehead atoms. The summed E-state index contributed by atoms with van der Waals surface area (Å²) in [6.45, 7) is 19.2. The van der Waals surface area contributed by atoms with E-state index >= 15 is 0 Å². The summed E-state index contributed by atoms with van der Waals surface area (Å²) in [5.74, 6) is 3.54. The molecule has 0 unspecified atom stereocenters.